The van der Waals surface area contributed by atoms with E-state index < -0.39 is 0 Å². The van der Waals surface area contributed by atoms with Gasteiger partial charge in [0.15, 0.2) is 0 Å². The van der Waals surface area contributed by atoms with Crippen molar-refractivity contribution in [2.24, 2.45) is 5.73 Å². The van der Waals surface area contributed by atoms with Crippen molar-refractivity contribution < 1.29 is 4.79 Å². The fourth-order valence-corrected chi connectivity index (χ4v) is 0.549. The summed E-state index contributed by atoms with van der Waals surface area (Å²) in [4.78, 5) is 10.8. The predicted molar refractivity (Wildman–Crippen MR) is 41.6 cm³/mol. The first kappa shape index (κ1) is 9.43. The van der Waals surface area contributed by atoms with Gasteiger partial charge >= 0.3 is 0 Å². The van der Waals surface area contributed by atoms with E-state index in [1.165, 1.54) is 0 Å². The molecule has 10 heavy (non-hydrogen) atoms. The lowest BCUT2D eigenvalue weighted by Crippen LogP contribution is -2.38. The number of carbonyl (C=O) groups excluding carboxylic acids is 1. The number of hydrogen-bond acceptors (Lipinski definition) is 2. The van der Waals surface area contributed by atoms with Gasteiger partial charge in [-0.3, -0.25) is 4.79 Å². The van der Waals surface area contributed by atoms with Gasteiger partial charge in [-0.2, -0.15) is 0 Å². The molecule has 0 radical (unpaired) electrons. The molecule has 0 saturated carbocycles. The number of hydrogen-bond donors (Lipinski definition) is 2. The van der Waals surface area contributed by atoms with Crippen LogP contribution in [0.4, 0.5) is 0 Å². The fraction of sp³-hybridized carbons (Fsp3) is 0.857. The van der Waals surface area contributed by atoms with Crippen molar-refractivity contribution in [3.8, 4) is 0 Å². The van der Waals surface area contributed by atoms with E-state index in [1.807, 2.05) is 0 Å². The highest BCUT2D eigenvalue weighted by Gasteiger charge is 2.03. The number of carbonyl (C=O) groups is 1. The van der Waals surface area contributed by atoms with Crippen LogP contribution >= 0.6 is 0 Å². The molecule has 1 amide bonds. The highest BCUT2D eigenvalue weighted by Crippen LogP contribution is 1.83. The first-order chi connectivity index (χ1) is 4.68. The molecule has 3 nitrogen and oxygen atoms in total. The first-order valence-electron chi connectivity index (χ1n) is 3.71. The second-order valence-corrected chi connectivity index (χ2v) is 2.43. The topological polar surface area (TPSA) is 55.1 Å². The van der Waals surface area contributed by atoms with Crippen molar-refractivity contribution in [3.05, 3.63) is 0 Å². The van der Waals surface area contributed by atoms with E-state index in [1.54, 1.807) is 6.92 Å². The minimum absolute atomic E-state index is 0.0616. The highest BCUT2D eigenvalue weighted by molar-refractivity contribution is 5.80. The van der Waals surface area contributed by atoms with Gasteiger partial charge in [0.25, 0.3) is 0 Å². The summed E-state index contributed by atoms with van der Waals surface area (Å²) < 4.78 is 0. The quantitative estimate of drug-likeness (QED) is 0.440. The van der Waals surface area contributed by atoms with Crippen LogP contribution in [0, 0.1) is 0 Å². The molecule has 0 bridgehead atoms. The molecule has 0 fully saturated rings. The molecular formula is C7H16N2O. The number of amides is 1. The van der Waals surface area contributed by atoms with E-state index in [0.717, 1.165) is 19.4 Å². The van der Waals surface area contributed by atoms with Gasteiger partial charge in [0.2, 0.25) is 5.91 Å². The van der Waals surface area contributed by atoms with E-state index in [4.69, 9.17) is 5.73 Å². The van der Waals surface area contributed by atoms with Crippen molar-refractivity contribution in [3.63, 3.8) is 0 Å². The second-order valence-electron chi connectivity index (χ2n) is 2.43. The van der Waals surface area contributed by atoms with Crippen LogP contribution in [0.5, 0.6) is 0 Å². The minimum Gasteiger partial charge on any atom is -0.355 e. The summed E-state index contributed by atoms with van der Waals surface area (Å²) in [6.45, 7) is 4.51. The van der Waals surface area contributed by atoms with Gasteiger partial charge in [-0.05, 0) is 13.3 Å². The molecule has 3 heteroatoms. The van der Waals surface area contributed by atoms with Crippen LogP contribution in [0.25, 0.3) is 0 Å². The van der Waals surface area contributed by atoms with Crippen LogP contribution in [-0.4, -0.2) is 18.5 Å². The summed E-state index contributed by atoms with van der Waals surface area (Å²) in [7, 11) is 0. The Morgan fingerprint density at radius 1 is 1.70 bits per heavy atom. The highest BCUT2D eigenvalue weighted by atomic mass is 16.2. The largest absolute Gasteiger partial charge is 0.355 e. The fourth-order valence-electron chi connectivity index (χ4n) is 0.549. The Balaban J connectivity index is 3.22. The zero-order valence-corrected chi connectivity index (χ0v) is 6.68. The van der Waals surface area contributed by atoms with Crippen molar-refractivity contribution >= 4 is 5.91 Å². The van der Waals surface area contributed by atoms with Gasteiger partial charge < -0.3 is 11.1 Å². The number of nitrogens with two attached hydrogens (primary N) is 1. The summed E-state index contributed by atoms with van der Waals surface area (Å²) in [6, 6.07) is -0.378. The second kappa shape index (κ2) is 5.23. The molecule has 0 aromatic heterocycles. The van der Waals surface area contributed by atoms with E-state index >= 15 is 0 Å². The van der Waals surface area contributed by atoms with Crippen LogP contribution in [-0.2, 0) is 4.79 Å². The Morgan fingerprint density at radius 2 is 2.30 bits per heavy atom. The van der Waals surface area contributed by atoms with Crippen LogP contribution < -0.4 is 11.1 Å². The van der Waals surface area contributed by atoms with Crippen molar-refractivity contribution in [1.29, 1.82) is 0 Å². The Labute approximate surface area is 62.0 Å². The van der Waals surface area contributed by atoms with E-state index in [2.05, 4.69) is 12.2 Å². The zero-order chi connectivity index (χ0) is 7.98. The number of rotatable bonds is 4. The molecule has 0 aromatic rings. The lowest BCUT2D eigenvalue weighted by atomic mass is 10.3. The molecule has 0 aliphatic rings. The smallest absolute Gasteiger partial charge is 0.236 e. The van der Waals surface area contributed by atoms with Gasteiger partial charge in [0.05, 0.1) is 6.04 Å². The molecule has 0 rings (SSSR count). The molecule has 0 saturated heterocycles. The summed E-state index contributed by atoms with van der Waals surface area (Å²) >= 11 is 0. The summed E-state index contributed by atoms with van der Waals surface area (Å²) in [5, 5.41) is 2.72. The van der Waals surface area contributed by atoms with Gasteiger partial charge in [-0.15, -0.1) is 0 Å². The third kappa shape index (κ3) is 4.32. The third-order valence-corrected chi connectivity index (χ3v) is 1.24. The Bertz CT molecular complexity index is 102. The molecule has 0 aliphatic carbocycles. The van der Waals surface area contributed by atoms with E-state index in [-0.39, 0.29) is 11.9 Å². The van der Waals surface area contributed by atoms with Crippen LogP contribution in [0.2, 0.25) is 0 Å². The average Bonchev–Trinajstić information content (AvgIpc) is 1.88. The van der Waals surface area contributed by atoms with Crippen LogP contribution in [0.3, 0.4) is 0 Å². The maximum absolute atomic E-state index is 10.8. The molecule has 0 aliphatic heterocycles. The van der Waals surface area contributed by atoms with E-state index in [9.17, 15) is 4.79 Å². The van der Waals surface area contributed by atoms with Gasteiger partial charge in [-0.1, -0.05) is 13.3 Å². The molecule has 3 N–H and O–H groups in total. The lowest BCUT2D eigenvalue weighted by molar-refractivity contribution is -0.121. The maximum Gasteiger partial charge on any atom is 0.236 e. The van der Waals surface area contributed by atoms with Crippen LogP contribution in [0.1, 0.15) is 26.7 Å². The van der Waals surface area contributed by atoms with Crippen molar-refractivity contribution in [2.45, 2.75) is 32.7 Å². The van der Waals surface area contributed by atoms with Gasteiger partial charge in [0.1, 0.15) is 0 Å². The molecule has 60 valence electrons. The normalized spacial score (nSPS) is 12.7. The van der Waals surface area contributed by atoms with Crippen molar-refractivity contribution in [2.75, 3.05) is 6.54 Å². The third-order valence-electron chi connectivity index (χ3n) is 1.24. The average molecular weight is 145 g/mol. The molecular weight excluding hydrogens is 129 g/mol. The summed E-state index contributed by atoms with van der Waals surface area (Å²) in [6.07, 6.45) is 2.12. The first-order valence-corrected chi connectivity index (χ1v) is 3.71. The number of nitrogens with one attached hydrogen (secondary N) is 1. The molecule has 0 aromatic carbocycles. The Morgan fingerprint density at radius 3 is 2.70 bits per heavy atom. The molecule has 0 spiro atoms. The zero-order valence-electron chi connectivity index (χ0n) is 6.68. The molecule has 0 heterocycles. The SMILES string of the molecule is CCCC[15NH]C(=O)[C@H](C)N. The minimum atomic E-state index is -0.378. The molecule has 1 atom stereocenters. The van der Waals surface area contributed by atoms with E-state index in [0.29, 0.717) is 0 Å². The lowest BCUT2D eigenvalue weighted by Gasteiger charge is -2.05. The van der Waals surface area contributed by atoms with Crippen molar-refractivity contribution in [1.82, 2.24) is 5.32 Å². The van der Waals surface area contributed by atoms with Crippen LogP contribution in [0.15, 0.2) is 0 Å². The monoisotopic (exact) mass is 145 g/mol. The maximum atomic E-state index is 10.8. The molecule has 0 unspecified atom stereocenters. The Kier molecular flexibility index (Phi) is 4.94. The predicted octanol–water partition coefficient (Wildman–Crippen LogP) is 0.250. The number of unbranched alkanes of at least 4 members (excludes halogenated alkanes) is 1. The van der Waals surface area contributed by atoms with Gasteiger partial charge in [0, 0.05) is 6.54 Å². The standard InChI is InChI=1S/C7H16N2O/c1-3-4-5-9-7(10)6(2)8/h6H,3-5,8H2,1-2H3,(H,9,10)/t6-/m0/s1/i9+1. The Hall–Kier alpha value is -0.570. The summed E-state index contributed by atoms with van der Waals surface area (Å²) in [5.41, 5.74) is 5.31. The van der Waals surface area contributed by atoms with Gasteiger partial charge in [-0.25, -0.2) is 0 Å². The summed E-state index contributed by atoms with van der Waals surface area (Å²) in [5.74, 6) is -0.0616.